The van der Waals surface area contributed by atoms with Gasteiger partial charge in [0.05, 0.1) is 10.8 Å². The maximum atomic E-state index is 10.6. The van der Waals surface area contributed by atoms with E-state index in [2.05, 4.69) is 10.2 Å². The van der Waals surface area contributed by atoms with Gasteiger partial charge in [-0.25, -0.2) is 0 Å². The Kier molecular flexibility index (Phi) is 3.80. The standard InChI is InChI=1S/C12H13ClN4O2/c1-8(2)16-11(7-13)14-15-12(16)9-3-5-10(6-4-9)17(18)19/h3-6,8H,7H2,1-2H3. The van der Waals surface area contributed by atoms with Gasteiger partial charge in [0, 0.05) is 23.7 Å². The number of hydrogen-bond acceptors (Lipinski definition) is 4. The molecule has 0 aliphatic carbocycles. The lowest BCUT2D eigenvalue weighted by molar-refractivity contribution is -0.384. The summed E-state index contributed by atoms with van der Waals surface area (Å²) in [5.74, 6) is 1.63. The molecule has 0 saturated carbocycles. The first kappa shape index (κ1) is 13.5. The highest BCUT2D eigenvalue weighted by Crippen LogP contribution is 2.25. The topological polar surface area (TPSA) is 73.8 Å². The van der Waals surface area contributed by atoms with Crippen LogP contribution in [0, 0.1) is 10.1 Å². The van der Waals surface area contributed by atoms with Crippen LogP contribution in [0.4, 0.5) is 5.69 Å². The fourth-order valence-corrected chi connectivity index (χ4v) is 2.07. The van der Waals surface area contributed by atoms with Crippen LogP contribution in [0.2, 0.25) is 0 Å². The van der Waals surface area contributed by atoms with Crippen LogP contribution in [-0.2, 0) is 5.88 Å². The molecule has 0 fully saturated rings. The van der Waals surface area contributed by atoms with Crippen molar-refractivity contribution in [2.24, 2.45) is 0 Å². The van der Waals surface area contributed by atoms with Crippen LogP contribution in [0.1, 0.15) is 25.7 Å². The molecule has 0 amide bonds. The number of non-ortho nitro benzene ring substituents is 1. The molecule has 0 saturated heterocycles. The van der Waals surface area contributed by atoms with Crippen molar-refractivity contribution < 1.29 is 4.92 Å². The van der Waals surface area contributed by atoms with Crippen molar-refractivity contribution in [1.82, 2.24) is 14.8 Å². The highest BCUT2D eigenvalue weighted by molar-refractivity contribution is 6.16. The van der Waals surface area contributed by atoms with E-state index in [1.165, 1.54) is 12.1 Å². The lowest BCUT2D eigenvalue weighted by Crippen LogP contribution is -2.07. The Balaban J connectivity index is 2.47. The molecule has 100 valence electrons. The Morgan fingerprint density at radius 2 is 1.95 bits per heavy atom. The zero-order valence-electron chi connectivity index (χ0n) is 10.6. The average Bonchev–Trinajstić information content (AvgIpc) is 2.82. The second-order valence-corrected chi connectivity index (χ2v) is 4.61. The Bertz CT molecular complexity index is 592. The quantitative estimate of drug-likeness (QED) is 0.490. The summed E-state index contributed by atoms with van der Waals surface area (Å²) in [6, 6.07) is 6.40. The molecule has 2 aromatic rings. The molecule has 2 rings (SSSR count). The molecule has 7 heteroatoms. The monoisotopic (exact) mass is 280 g/mol. The van der Waals surface area contributed by atoms with E-state index in [4.69, 9.17) is 11.6 Å². The third kappa shape index (κ3) is 2.58. The minimum Gasteiger partial charge on any atom is -0.307 e. The number of nitro benzene ring substituents is 1. The molecule has 0 unspecified atom stereocenters. The lowest BCUT2D eigenvalue weighted by Gasteiger charge is -2.12. The average molecular weight is 281 g/mol. The van der Waals surface area contributed by atoms with Gasteiger partial charge in [-0.05, 0) is 26.0 Å². The largest absolute Gasteiger partial charge is 0.307 e. The Hall–Kier alpha value is -1.95. The molecule has 19 heavy (non-hydrogen) atoms. The van der Waals surface area contributed by atoms with Crippen molar-refractivity contribution in [2.75, 3.05) is 0 Å². The summed E-state index contributed by atoms with van der Waals surface area (Å²) in [5, 5.41) is 18.8. The molecule has 0 spiro atoms. The molecule has 1 aromatic carbocycles. The molecular formula is C12H13ClN4O2. The first-order valence-corrected chi connectivity index (χ1v) is 6.32. The first-order chi connectivity index (χ1) is 9.04. The second kappa shape index (κ2) is 5.36. The van der Waals surface area contributed by atoms with E-state index in [1.807, 2.05) is 18.4 Å². The van der Waals surface area contributed by atoms with E-state index in [0.29, 0.717) is 11.6 Å². The lowest BCUT2D eigenvalue weighted by atomic mass is 10.2. The van der Waals surface area contributed by atoms with Gasteiger partial charge in [-0.15, -0.1) is 21.8 Å². The summed E-state index contributed by atoms with van der Waals surface area (Å²) in [6.07, 6.45) is 0. The molecule has 0 atom stereocenters. The number of alkyl halides is 1. The van der Waals surface area contributed by atoms with Crippen molar-refractivity contribution >= 4 is 17.3 Å². The van der Waals surface area contributed by atoms with Crippen LogP contribution < -0.4 is 0 Å². The third-order valence-corrected chi connectivity index (χ3v) is 2.98. The van der Waals surface area contributed by atoms with E-state index in [-0.39, 0.29) is 17.6 Å². The van der Waals surface area contributed by atoms with Gasteiger partial charge in [-0.3, -0.25) is 10.1 Å². The number of aromatic nitrogens is 3. The zero-order chi connectivity index (χ0) is 14.0. The predicted molar refractivity (Wildman–Crippen MR) is 72.1 cm³/mol. The maximum Gasteiger partial charge on any atom is 0.269 e. The van der Waals surface area contributed by atoms with E-state index in [0.717, 1.165) is 5.56 Å². The Labute approximate surface area is 115 Å². The van der Waals surface area contributed by atoms with Gasteiger partial charge < -0.3 is 4.57 Å². The molecule has 1 heterocycles. The van der Waals surface area contributed by atoms with Gasteiger partial charge in [0.25, 0.3) is 5.69 Å². The Morgan fingerprint density at radius 1 is 1.32 bits per heavy atom. The normalized spacial score (nSPS) is 10.9. The highest BCUT2D eigenvalue weighted by Gasteiger charge is 2.16. The summed E-state index contributed by atoms with van der Waals surface area (Å²) >= 11 is 5.83. The number of hydrogen-bond donors (Lipinski definition) is 0. The van der Waals surface area contributed by atoms with Crippen molar-refractivity contribution in [3.05, 3.63) is 40.2 Å². The van der Waals surface area contributed by atoms with E-state index in [1.54, 1.807) is 12.1 Å². The van der Waals surface area contributed by atoms with E-state index < -0.39 is 4.92 Å². The number of benzene rings is 1. The van der Waals surface area contributed by atoms with E-state index >= 15 is 0 Å². The van der Waals surface area contributed by atoms with Gasteiger partial charge in [-0.2, -0.15) is 0 Å². The van der Waals surface area contributed by atoms with Crippen molar-refractivity contribution in [3.8, 4) is 11.4 Å². The summed E-state index contributed by atoms with van der Waals surface area (Å²) in [5.41, 5.74) is 0.833. The summed E-state index contributed by atoms with van der Waals surface area (Å²) in [6.45, 7) is 4.02. The SMILES string of the molecule is CC(C)n1c(CCl)nnc1-c1ccc([N+](=O)[O-])cc1. The molecule has 0 aliphatic heterocycles. The predicted octanol–water partition coefficient (Wildman–Crippen LogP) is 3.17. The molecule has 6 nitrogen and oxygen atoms in total. The molecule has 0 N–H and O–H groups in total. The third-order valence-electron chi connectivity index (χ3n) is 2.74. The highest BCUT2D eigenvalue weighted by atomic mass is 35.5. The molecule has 0 radical (unpaired) electrons. The molecule has 1 aromatic heterocycles. The summed E-state index contributed by atoms with van der Waals surface area (Å²) in [7, 11) is 0. The first-order valence-electron chi connectivity index (χ1n) is 5.79. The van der Waals surface area contributed by atoms with Crippen LogP contribution in [0.15, 0.2) is 24.3 Å². The minimum atomic E-state index is -0.429. The van der Waals surface area contributed by atoms with E-state index in [9.17, 15) is 10.1 Å². The van der Waals surface area contributed by atoms with Gasteiger partial charge in [0.2, 0.25) is 0 Å². The number of halogens is 1. The molecule has 0 aliphatic rings. The van der Waals surface area contributed by atoms with Gasteiger partial charge in [0.1, 0.15) is 5.82 Å². The fourth-order valence-electron chi connectivity index (χ4n) is 1.89. The minimum absolute atomic E-state index is 0.0527. The summed E-state index contributed by atoms with van der Waals surface area (Å²) in [4.78, 5) is 10.2. The smallest absolute Gasteiger partial charge is 0.269 e. The molecule has 0 bridgehead atoms. The summed E-state index contributed by atoms with van der Waals surface area (Å²) < 4.78 is 1.92. The van der Waals surface area contributed by atoms with Gasteiger partial charge in [-0.1, -0.05) is 0 Å². The van der Waals surface area contributed by atoms with Gasteiger partial charge >= 0.3 is 0 Å². The maximum absolute atomic E-state index is 10.6. The zero-order valence-corrected chi connectivity index (χ0v) is 11.3. The fraction of sp³-hybridized carbons (Fsp3) is 0.333. The van der Waals surface area contributed by atoms with Crippen molar-refractivity contribution in [2.45, 2.75) is 25.8 Å². The second-order valence-electron chi connectivity index (χ2n) is 4.34. The Morgan fingerprint density at radius 3 is 2.42 bits per heavy atom. The van der Waals surface area contributed by atoms with Crippen molar-refractivity contribution in [3.63, 3.8) is 0 Å². The van der Waals surface area contributed by atoms with Crippen LogP contribution in [-0.4, -0.2) is 19.7 Å². The van der Waals surface area contributed by atoms with Crippen LogP contribution in [0.3, 0.4) is 0 Å². The number of rotatable bonds is 4. The van der Waals surface area contributed by atoms with Crippen LogP contribution in [0.5, 0.6) is 0 Å². The van der Waals surface area contributed by atoms with Crippen LogP contribution >= 0.6 is 11.6 Å². The molecular weight excluding hydrogens is 268 g/mol. The van der Waals surface area contributed by atoms with Crippen LogP contribution in [0.25, 0.3) is 11.4 Å². The van der Waals surface area contributed by atoms with Crippen molar-refractivity contribution in [1.29, 1.82) is 0 Å². The van der Waals surface area contributed by atoms with Gasteiger partial charge in [0.15, 0.2) is 5.82 Å². The number of nitro groups is 1. The number of nitrogens with zero attached hydrogens (tertiary/aromatic N) is 4.